The minimum Gasteiger partial charge on any atom is -0.444 e. The van der Waals surface area contributed by atoms with Gasteiger partial charge in [0.15, 0.2) is 0 Å². The lowest BCUT2D eigenvalue weighted by atomic mass is 10.0. The van der Waals surface area contributed by atoms with Crippen molar-refractivity contribution in [2.45, 2.75) is 45.3 Å². The molecule has 1 unspecified atom stereocenters. The number of carbonyl (C=O) groups excluding carboxylic acids is 1. The number of carbonyl (C=O) groups is 1. The molecule has 2 aliphatic rings. The number of nitriles is 1. The van der Waals surface area contributed by atoms with Crippen molar-refractivity contribution in [1.82, 2.24) is 14.9 Å². The molecule has 1 aromatic heterocycles. The van der Waals surface area contributed by atoms with Crippen LogP contribution in [0.4, 0.5) is 10.7 Å². The van der Waals surface area contributed by atoms with Crippen LogP contribution in [0.3, 0.4) is 0 Å². The van der Waals surface area contributed by atoms with Crippen LogP contribution in [-0.2, 0) is 4.74 Å². The average Bonchev–Trinajstić information content (AvgIpc) is 3.27. The Kier molecular flexibility index (Phi) is 5.76. The summed E-state index contributed by atoms with van der Waals surface area (Å²) in [5.41, 5.74) is 1.59. The van der Waals surface area contributed by atoms with E-state index in [9.17, 15) is 4.79 Å². The average molecular weight is 440 g/mol. The Morgan fingerprint density at radius 1 is 1.23 bits per heavy atom. The van der Waals surface area contributed by atoms with Crippen LogP contribution >= 0.6 is 11.6 Å². The van der Waals surface area contributed by atoms with Gasteiger partial charge in [0, 0.05) is 24.7 Å². The van der Waals surface area contributed by atoms with Crippen molar-refractivity contribution in [2.24, 2.45) is 11.8 Å². The van der Waals surface area contributed by atoms with Gasteiger partial charge >= 0.3 is 6.09 Å². The molecule has 1 amide bonds. The molecule has 1 saturated carbocycles. The second-order valence-corrected chi connectivity index (χ2v) is 9.70. The standard InChI is InChI=1S/C23H26ClN5O2/c1-23(2,3)31-22(30)29-12-16-8-18(9-17(16)13-29)27-21-26-11-19(24)20(28-21)15-6-4-14(10-25)5-7-15/h4-7,11,16-18H,8-9,12-13H2,1-3H3,(H,26,27,28)/t16-,17+,18?. The lowest BCUT2D eigenvalue weighted by Gasteiger charge is -2.25. The van der Waals surface area contributed by atoms with E-state index in [4.69, 9.17) is 21.6 Å². The number of hydrogen-bond donors (Lipinski definition) is 1. The van der Waals surface area contributed by atoms with Gasteiger partial charge in [-0.15, -0.1) is 0 Å². The zero-order valence-electron chi connectivity index (χ0n) is 17.9. The summed E-state index contributed by atoms with van der Waals surface area (Å²) >= 11 is 6.32. The van der Waals surface area contributed by atoms with Crippen molar-refractivity contribution in [3.63, 3.8) is 0 Å². The largest absolute Gasteiger partial charge is 0.444 e. The molecule has 1 aliphatic carbocycles. The molecule has 0 spiro atoms. The van der Waals surface area contributed by atoms with Crippen LogP contribution in [0.2, 0.25) is 5.02 Å². The topological polar surface area (TPSA) is 91.1 Å². The number of hydrogen-bond acceptors (Lipinski definition) is 6. The Morgan fingerprint density at radius 3 is 2.45 bits per heavy atom. The van der Waals surface area contributed by atoms with Crippen LogP contribution in [-0.4, -0.2) is 45.7 Å². The predicted molar refractivity (Wildman–Crippen MR) is 119 cm³/mol. The molecular formula is C23H26ClN5O2. The van der Waals surface area contributed by atoms with E-state index in [0.29, 0.717) is 34.1 Å². The molecule has 2 heterocycles. The highest BCUT2D eigenvalue weighted by atomic mass is 35.5. The summed E-state index contributed by atoms with van der Waals surface area (Å²) in [5, 5.41) is 12.9. The zero-order chi connectivity index (χ0) is 22.2. The SMILES string of the molecule is CC(C)(C)OC(=O)N1C[C@H]2CC(Nc3ncc(Cl)c(-c4ccc(C#N)cc4)n3)C[C@H]2C1. The van der Waals surface area contributed by atoms with E-state index in [-0.39, 0.29) is 12.1 Å². The van der Waals surface area contributed by atoms with Crippen LogP contribution in [0.15, 0.2) is 30.5 Å². The van der Waals surface area contributed by atoms with Crippen LogP contribution < -0.4 is 5.32 Å². The van der Waals surface area contributed by atoms with E-state index in [1.165, 1.54) is 0 Å². The second-order valence-electron chi connectivity index (χ2n) is 9.30. The fourth-order valence-corrected chi connectivity index (χ4v) is 4.62. The first-order valence-corrected chi connectivity index (χ1v) is 10.9. The molecule has 162 valence electrons. The Morgan fingerprint density at radius 2 is 1.87 bits per heavy atom. The van der Waals surface area contributed by atoms with Crippen LogP contribution in [0.5, 0.6) is 0 Å². The van der Waals surface area contributed by atoms with E-state index in [1.807, 2.05) is 37.8 Å². The van der Waals surface area contributed by atoms with Gasteiger partial charge < -0.3 is 15.0 Å². The maximum Gasteiger partial charge on any atom is 0.410 e. The number of ether oxygens (including phenoxy) is 1. The molecule has 2 aromatic rings. The monoisotopic (exact) mass is 439 g/mol. The molecule has 1 N–H and O–H groups in total. The Hall–Kier alpha value is -2.85. The van der Waals surface area contributed by atoms with Crippen molar-refractivity contribution in [3.8, 4) is 17.3 Å². The normalized spacial score (nSPS) is 22.7. The van der Waals surface area contributed by atoms with E-state index in [1.54, 1.807) is 18.3 Å². The summed E-state index contributed by atoms with van der Waals surface area (Å²) in [6.07, 6.45) is 3.30. The van der Waals surface area contributed by atoms with Crippen molar-refractivity contribution in [1.29, 1.82) is 5.26 Å². The fourth-order valence-electron chi connectivity index (χ4n) is 4.42. The van der Waals surface area contributed by atoms with E-state index < -0.39 is 5.60 Å². The minimum absolute atomic E-state index is 0.223. The Bertz CT molecular complexity index is 998. The minimum atomic E-state index is -0.475. The fraction of sp³-hybridized carbons (Fsp3) is 0.478. The molecule has 3 atom stereocenters. The Balaban J connectivity index is 1.38. The Labute approximate surface area is 187 Å². The first-order valence-electron chi connectivity index (χ1n) is 10.5. The highest BCUT2D eigenvalue weighted by Gasteiger charge is 2.43. The second kappa shape index (κ2) is 8.35. The number of aromatic nitrogens is 2. The summed E-state index contributed by atoms with van der Waals surface area (Å²) in [6, 6.07) is 9.53. The molecule has 0 radical (unpaired) electrons. The van der Waals surface area contributed by atoms with Crippen LogP contribution in [0.25, 0.3) is 11.3 Å². The third-order valence-electron chi connectivity index (χ3n) is 5.77. The van der Waals surface area contributed by atoms with E-state index in [0.717, 1.165) is 31.5 Å². The number of nitrogens with zero attached hydrogens (tertiary/aromatic N) is 4. The third kappa shape index (κ3) is 4.91. The van der Waals surface area contributed by atoms with Gasteiger partial charge in [0.05, 0.1) is 28.5 Å². The highest BCUT2D eigenvalue weighted by molar-refractivity contribution is 6.32. The number of benzene rings is 1. The molecule has 1 saturated heterocycles. The lowest BCUT2D eigenvalue weighted by Crippen LogP contribution is -2.36. The van der Waals surface area contributed by atoms with Gasteiger partial charge in [-0.25, -0.2) is 14.8 Å². The van der Waals surface area contributed by atoms with Gasteiger partial charge in [0.1, 0.15) is 5.60 Å². The quantitative estimate of drug-likeness (QED) is 0.743. The molecule has 2 fully saturated rings. The first kappa shape index (κ1) is 21.4. The maximum atomic E-state index is 12.3. The summed E-state index contributed by atoms with van der Waals surface area (Å²) in [6.45, 7) is 7.13. The van der Waals surface area contributed by atoms with Crippen LogP contribution in [0.1, 0.15) is 39.2 Å². The summed E-state index contributed by atoms with van der Waals surface area (Å²) < 4.78 is 5.51. The van der Waals surface area contributed by atoms with Gasteiger partial charge in [-0.05, 0) is 57.6 Å². The number of halogens is 1. The number of fused-ring (bicyclic) bond motifs is 1. The van der Waals surface area contributed by atoms with Gasteiger partial charge in [-0.1, -0.05) is 23.7 Å². The molecule has 31 heavy (non-hydrogen) atoms. The summed E-state index contributed by atoms with van der Waals surface area (Å²) in [4.78, 5) is 23.1. The van der Waals surface area contributed by atoms with Crippen LogP contribution in [0, 0.1) is 23.2 Å². The molecule has 1 aliphatic heterocycles. The molecule has 7 nitrogen and oxygen atoms in total. The van der Waals surface area contributed by atoms with Crippen molar-refractivity contribution in [3.05, 3.63) is 41.0 Å². The van der Waals surface area contributed by atoms with Gasteiger partial charge in [-0.2, -0.15) is 5.26 Å². The number of amides is 1. The predicted octanol–water partition coefficient (Wildman–Crippen LogP) is 4.73. The summed E-state index contributed by atoms with van der Waals surface area (Å²) in [5.74, 6) is 1.45. The molecule has 0 bridgehead atoms. The maximum absolute atomic E-state index is 12.3. The van der Waals surface area contributed by atoms with Gasteiger partial charge in [0.25, 0.3) is 0 Å². The lowest BCUT2D eigenvalue weighted by molar-refractivity contribution is 0.0280. The number of likely N-dealkylation sites (tertiary alicyclic amines) is 1. The zero-order valence-corrected chi connectivity index (χ0v) is 18.7. The first-order chi connectivity index (χ1) is 14.7. The molecule has 4 rings (SSSR count). The number of nitrogens with one attached hydrogen (secondary N) is 1. The van der Waals surface area contributed by atoms with Gasteiger partial charge in [0.2, 0.25) is 5.95 Å². The van der Waals surface area contributed by atoms with Gasteiger partial charge in [-0.3, -0.25) is 0 Å². The van der Waals surface area contributed by atoms with Crippen molar-refractivity contribution < 1.29 is 9.53 Å². The molecule has 8 heteroatoms. The third-order valence-corrected chi connectivity index (χ3v) is 6.04. The van der Waals surface area contributed by atoms with E-state index >= 15 is 0 Å². The summed E-state index contributed by atoms with van der Waals surface area (Å²) in [7, 11) is 0. The van der Waals surface area contributed by atoms with E-state index in [2.05, 4.69) is 21.4 Å². The number of rotatable bonds is 3. The highest BCUT2D eigenvalue weighted by Crippen LogP contribution is 2.39. The van der Waals surface area contributed by atoms with Crippen molar-refractivity contribution in [2.75, 3.05) is 18.4 Å². The van der Waals surface area contributed by atoms with Crippen molar-refractivity contribution >= 4 is 23.6 Å². The smallest absolute Gasteiger partial charge is 0.410 e. The molecular weight excluding hydrogens is 414 g/mol. The number of anilines is 1. The molecule has 1 aromatic carbocycles.